The van der Waals surface area contributed by atoms with Crippen molar-refractivity contribution in [3.05, 3.63) is 24.3 Å². The molecular formula is C20H26N4O6. The Bertz CT molecular complexity index is 745. The van der Waals surface area contributed by atoms with E-state index in [9.17, 15) is 29.4 Å². The van der Waals surface area contributed by atoms with Gasteiger partial charge in [0.2, 0.25) is 11.8 Å². The van der Waals surface area contributed by atoms with E-state index in [0.29, 0.717) is 50.1 Å². The molecule has 2 atom stereocenters. The summed E-state index contributed by atoms with van der Waals surface area (Å²) in [5, 5.41) is 24.3. The molecule has 4 N–H and O–H groups in total. The molecule has 0 aromatic heterocycles. The summed E-state index contributed by atoms with van der Waals surface area (Å²) in [6, 6.07) is 5.48. The van der Waals surface area contributed by atoms with Crippen LogP contribution in [-0.4, -0.2) is 82.0 Å². The number of nitrogens with zero attached hydrogens (tertiary/aromatic N) is 2. The highest BCUT2D eigenvalue weighted by atomic mass is 16.4. The third kappa shape index (κ3) is 5.00. The minimum Gasteiger partial charge on any atom is -0.480 e. The highest BCUT2D eigenvalue weighted by Crippen LogP contribution is 2.19. The molecular weight excluding hydrogens is 392 g/mol. The molecule has 162 valence electrons. The number of carboxylic acid groups (broad SMARTS) is 2. The molecule has 0 radical (unpaired) electrons. The van der Waals surface area contributed by atoms with Gasteiger partial charge in [-0.15, -0.1) is 0 Å². The van der Waals surface area contributed by atoms with Gasteiger partial charge in [-0.05, 0) is 49.9 Å². The molecule has 0 spiro atoms. The van der Waals surface area contributed by atoms with Gasteiger partial charge in [-0.1, -0.05) is 0 Å². The van der Waals surface area contributed by atoms with Crippen LogP contribution in [-0.2, 0) is 19.2 Å². The van der Waals surface area contributed by atoms with Crippen LogP contribution < -0.4 is 10.6 Å². The first-order valence-electron chi connectivity index (χ1n) is 9.99. The van der Waals surface area contributed by atoms with Crippen molar-refractivity contribution in [2.24, 2.45) is 0 Å². The lowest BCUT2D eigenvalue weighted by atomic mass is 10.2. The smallest absolute Gasteiger partial charge is 0.326 e. The summed E-state index contributed by atoms with van der Waals surface area (Å²) in [5.74, 6) is -2.47. The number of anilines is 2. The average Bonchev–Trinajstić information content (AvgIpc) is 3.40. The van der Waals surface area contributed by atoms with Crippen molar-refractivity contribution in [3.63, 3.8) is 0 Å². The summed E-state index contributed by atoms with van der Waals surface area (Å²) in [6.45, 7) is 0.906. The van der Waals surface area contributed by atoms with Gasteiger partial charge in [-0.3, -0.25) is 9.59 Å². The Morgan fingerprint density at radius 1 is 0.767 bits per heavy atom. The second-order valence-electron chi connectivity index (χ2n) is 7.45. The highest BCUT2D eigenvalue weighted by Gasteiger charge is 2.34. The van der Waals surface area contributed by atoms with Crippen molar-refractivity contribution in [3.8, 4) is 0 Å². The Balaban J connectivity index is 1.46. The Labute approximate surface area is 173 Å². The zero-order chi connectivity index (χ0) is 21.7. The summed E-state index contributed by atoms with van der Waals surface area (Å²) in [6.07, 6.45) is 2.33. The van der Waals surface area contributed by atoms with E-state index in [4.69, 9.17) is 0 Å². The summed E-state index contributed by atoms with van der Waals surface area (Å²) < 4.78 is 0. The van der Waals surface area contributed by atoms with Crippen LogP contribution in [0.2, 0.25) is 0 Å². The van der Waals surface area contributed by atoms with Gasteiger partial charge >= 0.3 is 11.9 Å². The Hall–Kier alpha value is -3.30. The molecule has 2 aliphatic heterocycles. The van der Waals surface area contributed by atoms with Gasteiger partial charge in [0.05, 0.1) is 13.1 Å². The van der Waals surface area contributed by atoms with E-state index in [1.54, 1.807) is 24.3 Å². The first kappa shape index (κ1) is 21.4. The normalized spacial score (nSPS) is 20.8. The molecule has 2 heterocycles. The standard InChI is InChI=1S/C20H26N4O6/c25-17(23-9-1-3-15(23)19(27)28)11-21-13-5-7-14(8-6-13)22-12-18(26)24-10-2-4-16(24)20(29)30/h5-8,15-16,21-22H,1-4,9-12H2,(H,27,28)(H,29,30). The third-order valence-corrected chi connectivity index (χ3v) is 5.49. The molecule has 1 aromatic carbocycles. The maximum Gasteiger partial charge on any atom is 0.326 e. The minimum absolute atomic E-state index is 0.000573. The van der Waals surface area contributed by atoms with E-state index in [1.807, 2.05) is 0 Å². The molecule has 2 unspecified atom stereocenters. The fourth-order valence-electron chi connectivity index (χ4n) is 3.91. The quantitative estimate of drug-likeness (QED) is 0.483. The molecule has 30 heavy (non-hydrogen) atoms. The van der Waals surface area contributed by atoms with Crippen molar-refractivity contribution in [2.75, 3.05) is 36.8 Å². The number of aliphatic carboxylic acids is 2. The number of hydrogen-bond donors (Lipinski definition) is 4. The Morgan fingerprint density at radius 3 is 1.47 bits per heavy atom. The second-order valence-corrected chi connectivity index (χ2v) is 7.45. The van der Waals surface area contributed by atoms with Crippen LogP contribution in [0.4, 0.5) is 11.4 Å². The number of amides is 2. The SMILES string of the molecule is O=C(O)C1CCCN1C(=O)CNc1ccc(NCC(=O)N2CCCC2C(=O)O)cc1. The van der Waals surface area contributed by atoms with Gasteiger partial charge in [-0.2, -0.15) is 0 Å². The summed E-state index contributed by atoms with van der Waals surface area (Å²) >= 11 is 0. The van der Waals surface area contributed by atoms with Crippen molar-refractivity contribution >= 4 is 35.1 Å². The molecule has 1 aromatic rings. The first-order chi connectivity index (χ1) is 14.4. The Morgan fingerprint density at radius 2 is 1.13 bits per heavy atom. The van der Waals surface area contributed by atoms with E-state index < -0.39 is 24.0 Å². The fourth-order valence-corrected chi connectivity index (χ4v) is 3.91. The van der Waals surface area contributed by atoms with E-state index in [1.165, 1.54) is 9.80 Å². The maximum atomic E-state index is 12.3. The third-order valence-electron chi connectivity index (χ3n) is 5.49. The number of benzene rings is 1. The Kier molecular flexibility index (Phi) is 6.76. The largest absolute Gasteiger partial charge is 0.480 e. The molecule has 10 heteroatoms. The van der Waals surface area contributed by atoms with Crippen LogP contribution in [0, 0.1) is 0 Å². The molecule has 0 bridgehead atoms. The molecule has 0 aliphatic carbocycles. The lowest BCUT2D eigenvalue weighted by Gasteiger charge is -2.22. The van der Waals surface area contributed by atoms with Crippen LogP contribution in [0.15, 0.2) is 24.3 Å². The monoisotopic (exact) mass is 418 g/mol. The molecule has 2 aliphatic rings. The van der Waals surface area contributed by atoms with E-state index in [0.717, 1.165) is 0 Å². The van der Waals surface area contributed by atoms with Gasteiger partial charge in [0.15, 0.2) is 0 Å². The van der Waals surface area contributed by atoms with E-state index >= 15 is 0 Å². The van der Waals surface area contributed by atoms with Crippen molar-refractivity contribution < 1.29 is 29.4 Å². The van der Waals surface area contributed by atoms with Crippen LogP contribution >= 0.6 is 0 Å². The van der Waals surface area contributed by atoms with E-state index in [-0.39, 0.29) is 24.9 Å². The zero-order valence-electron chi connectivity index (χ0n) is 16.5. The summed E-state index contributed by atoms with van der Waals surface area (Å²) in [7, 11) is 0. The van der Waals surface area contributed by atoms with Crippen LogP contribution in [0.3, 0.4) is 0 Å². The summed E-state index contributed by atoms with van der Waals surface area (Å²) in [5.41, 5.74) is 1.38. The predicted molar refractivity (Wildman–Crippen MR) is 108 cm³/mol. The van der Waals surface area contributed by atoms with Gasteiger partial charge in [0, 0.05) is 24.5 Å². The average molecular weight is 418 g/mol. The molecule has 2 saturated heterocycles. The van der Waals surface area contributed by atoms with Gasteiger partial charge in [0.25, 0.3) is 0 Å². The topological polar surface area (TPSA) is 139 Å². The van der Waals surface area contributed by atoms with Gasteiger partial charge in [0.1, 0.15) is 12.1 Å². The van der Waals surface area contributed by atoms with Crippen molar-refractivity contribution in [2.45, 2.75) is 37.8 Å². The minimum atomic E-state index is -0.977. The number of nitrogens with one attached hydrogen (secondary N) is 2. The molecule has 2 fully saturated rings. The number of likely N-dealkylation sites (tertiary alicyclic amines) is 2. The van der Waals surface area contributed by atoms with Gasteiger partial charge < -0.3 is 30.6 Å². The fraction of sp³-hybridized carbons (Fsp3) is 0.500. The number of rotatable bonds is 8. The highest BCUT2D eigenvalue weighted by molar-refractivity contribution is 5.87. The molecule has 2 amide bonds. The number of carbonyl (C=O) groups excluding carboxylic acids is 2. The predicted octanol–water partition coefficient (Wildman–Crippen LogP) is 0.662. The second kappa shape index (κ2) is 9.47. The molecule has 0 saturated carbocycles. The van der Waals surface area contributed by atoms with E-state index in [2.05, 4.69) is 10.6 Å². The van der Waals surface area contributed by atoms with Crippen molar-refractivity contribution in [1.29, 1.82) is 0 Å². The summed E-state index contributed by atoms with van der Waals surface area (Å²) in [4.78, 5) is 49.7. The zero-order valence-corrected chi connectivity index (χ0v) is 16.5. The number of hydrogen-bond acceptors (Lipinski definition) is 6. The van der Waals surface area contributed by atoms with Crippen molar-refractivity contribution in [1.82, 2.24) is 9.80 Å². The number of carboxylic acids is 2. The van der Waals surface area contributed by atoms with Crippen LogP contribution in [0.1, 0.15) is 25.7 Å². The first-order valence-corrected chi connectivity index (χ1v) is 9.99. The molecule has 10 nitrogen and oxygen atoms in total. The maximum absolute atomic E-state index is 12.3. The van der Waals surface area contributed by atoms with Crippen LogP contribution in [0.25, 0.3) is 0 Å². The lowest BCUT2D eigenvalue weighted by Crippen LogP contribution is -2.43. The molecule has 3 rings (SSSR count). The number of carbonyl (C=O) groups is 4. The lowest BCUT2D eigenvalue weighted by molar-refractivity contribution is -0.147. The van der Waals surface area contributed by atoms with Crippen LogP contribution in [0.5, 0.6) is 0 Å². The van der Waals surface area contributed by atoms with Gasteiger partial charge in [-0.25, -0.2) is 9.59 Å².